The number of oxime groups is 1. The summed E-state index contributed by atoms with van der Waals surface area (Å²) < 4.78 is 117. The van der Waals surface area contributed by atoms with E-state index in [1.165, 1.54) is 29.0 Å². The monoisotopic (exact) mass is 526 g/mol. The van der Waals surface area contributed by atoms with Crippen LogP contribution >= 0.6 is 0 Å². The van der Waals surface area contributed by atoms with E-state index in [1.807, 2.05) is 0 Å². The Balaban J connectivity index is 2.05. The lowest BCUT2D eigenvalue weighted by molar-refractivity contribution is -0.0452. The third kappa shape index (κ3) is 4.79. The number of hydrogen-bond acceptors (Lipinski definition) is 6. The lowest BCUT2D eigenvalue weighted by Crippen LogP contribution is -2.48. The smallest absolute Gasteiger partial charge is 0.411 e. The van der Waals surface area contributed by atoms with Crippen LogP contribution < -0.4 is 4.72 Å². The summed E-state index contributed by atoms with van der Waals surface area (Å²) in [4.78, 5) is -0.277. The minimum atomic E-state index is -5.68. The Morgan fingerprint density at radius 2 is 1.59 bits per heavy atom. The minimum absolute atomic E-state index is 0.277. The number of rotatable bonds is 6. The van der Waals surface area contributed by atoms with Gasteiger partial charge in [-0.25, -0.2) is 30.3 Å². The van der Waals surface area contributed by atoms with Crippen molar-refractivity contribution in [2.45, 2.75) is 46.9 Å². The average molecular weight is 527 g/mol. The first-order valence-corrected chi connectivity index (χ1v) is 12.8. The SMILES string of the molecule is O=S(=O)(N[C@H]1CC[C@@](c2cc(F)ccc2F)(S(=O)(=O)c2ccc(/C=N/O)cc2)CC1)C(F)(F)F. The normalized spacial score (nSPS) is 22.2. The maximum Gasteiger partial charge on any atom is 0.511 e. The zero-order valence-corrected chi connectivity index (χ0v) is 18.9. The first-order chi connectivity index (χ1) is 15.7. The maximum atomic E-state index is 14.8. The molecule has 0 radical (unpaired) electrons. The molecule has 0 unspecified atom stereocenters. The Morgan fingerprint density at radius 1 is 1.00 bits per heavy atom. The summed E-state index contributed by atoms with van der Waals surface area (Å²) >= 11 is 0. The fourth-order valence-electron chi connectivity index (χ4n) is 4.04. The van der Waals surface area contributed by atoms with Gasteiger partial charge in [-0.1, -0.05) is 17.3 Å². The lowest BCUT2D eigenvalue weighted by Gasteiger charge is -2.40. The quantitative estimate of drug-likeness (QED) is 0.257. The van der Waals surface area contributed by atoms with Crippen molar-refractivity contribution in [1.82, 2.24) is 4.72 Å². The molecule has 14 heteroatoms. The number of nitrogens with one attached hydrogen (secondary N) is 1. The molecule has 7 nitrogen and oxygen atoms in total. The topological polar surface area (TPSA) is 113 Å². The molecule has 0 spiro atoms. The molecule has 0 heterocycles. The van der Waals surface area contributed by atoms with Gasteiger partial charge in [0.25, 0.3) is 0 Å². The van der Waals surface area contributed by atoms with Gasteiger partial charge in [-0.3, -0.25) is 0 Å². The molecule has 34 heavy (non-hydrogen) atoms. The van der Waals surface area contributed by atoms with Crippen molar-refractivity contribution in [3.8, 4) is 0 Å². The van der Waals surface area contributed by atoms with E-state index in [-0.39, 0.29) is 17.7 Å². The van der Waals surface area contributed by atoms with E-state index < -0.39 is 66.2 Å². The molecule has 186 valence electrons. The molecular weight excluding hydrogens is 507 g/mol. The molecule has 1 aliphatic rings. The second-order valence-electron chi connectivity index (χ2n) is 7.78. The van der Waals surface area contributed by atoms with E-state index in [9.17, 15) is 38.8 Å². The van der Waals surface area contributed by atoms with Gasteiger partial charge < -0.3 is 5.21 Å². The van der Waals surface area contributed by atoms with Crippen molar-refractivity contribution in [2.75, 3.05) is 0 Å². The van der Waals surface area contributed by atoms with Crippen molar-refractivity contribution < 1.29 is 44.0 Å². The molecule has 0 atom stereocenters. The summed E-state index contributed by atoms with van der Waals surface area (Å²) in [5.41, 5.74) is -5.70. The highest BCUT2D eigenvalue weighted by atomic mass is 32.2. The van der Waals surface area contributed by atoms with Crippen LogP contribution in [0.5, 0.6) is 0 Å². The van der Waals surface area contributed by atoms with Crippen molar-refractivity contribution >= 4 is 26.1 Å². The summed E-state index contributed by atoms with van der Waals surface area (Å²) in [5.74, 6) is -1.94. The summed E-state index contributed by atoms with van der Waals surface area (Å²) in [7, 11) is -10.1. The summed E-state index contributed by atoms with van der Waals surface area (Å²) in [5, 5.41) is 11.4. The molecule has 0 aliphatic heterocycles. The lowest BCUT2D eigenvalue weighted by atomic mass is 9.80. The first kappa shape index (κ1) is 26.0. The van der Waals surface area contributed by atoms with Gasteiger partial charge in [-0.15, -0.1) is 0 Å². The molecular formula is C20H19F5N2O5S2. The predicted octanol–water partition coefficient (Wildman–Crippen LogP) is 3.82. The number of sulfone groups is 1. The van der Waals surface area contributed by atoms with Gasteiger partial charge in [0.05, 0.1) is 11.1 Å². The summed E-state index contributed by atoms with van der Waals surface area (Å²) in [6, 6.07) is 5.98. The predicted molar refractivity (Wildman–Crippen MR) is 111 cm³/mol. The van der Waals surface area contributed by atoms with Gasteiger partial charge in [-0.2, -0.15) is 13.2 Å². The molecule has 1 saturated carbocycles. The van der Waals surface area contributed by atoms with Crippen molar-refractivity contribution in [3.63, 3.8) is 0 Å². The van der Waals surface area contributed by atoms with Gasteiger partial charge in [0.15, 0.2) is 9.84 Å². The highest BCUT2D eigenvalue weighted by Crippen LogP contribution is 2.48. The van der Waals surface area contributed by atoms with Crippen LogP contribution in [0.4, 0.5) is 22.0 Å². The van der Waals surface area contributed by atoms with E-state index in [0.717, 1.165) is 24.4 Å². The Kier molecular flexibility index (Phi) is 7.06. The number of benzene rings is 2. The fourth-order valence-corrected chi connectivity index (χ4v) is 7.02. The van der Waals surface area contributed by atoms with Crippen molar-refractivity contribution in [3.05, 3.63) is 65.2 Å². The molecule has 2 aromatic carbocycles. The number of alkyl halides is 3. The fraction of sp³-hybridized carbons (Fsp3) is 0.350. The zero-order chi connectivity index (χ0) is 25.4. The second kappa shape index (κ2) is 9.23. The third-order valence-corrected chi connectivity index (χ3v) is 9.55. The molecule has 1 aliphatic carbocycles. The van der Waals surface area contributed by atoms with Gasteiger partial charge in [-0.05, 0) is 61.6 Å². The number of halogens is 5. The Hall–Kier alpha value is -2.58. The maximum absolute atomic E-state index is 14.8. The van der Waals surface area contributed by atoms with Crippen LogP contribution in [-0.4, -0.2) is 39.8 Å². The van der Waals surface area contributed by atoms with Crippen LogP contribution in [0.3, 0.4) is 0 Å². The van der Waals surface area contributed by atoms with Crippen molar-refractivity contribution in [1.29, 1.82) is 0 Å². The van der Waals surface area contributed by atoms with Crippen LogP contribution in [0.1, 0.15) is 36.8 Å². The molecule has 2 N–H and O–H groups in total. The van der Waals surface area contributed by atoms with Crippen LogP contribution in [0.2, 0.25) is 0 Å². The van der Waals surface area contributed by atoms with E-state index >= 15 is 0 Å². The average Bonchev–Trinajstić information content (AvgIpc) is 2.75. The van der Waals surface area contributed by atoms with E-state index in [2.05, 4.69) is 5.16 Å². The minimum Gasteiger partial charge on any atom is -0.411 e. The molecule has 1 fully saturated rings. The van der Waals surface area contributed by atoms with E-state index in [1.54, 1.807) is 0 Å². The van der Waals surface area contributed by atoms with Crippen LogP contribution in [-0.2, 0) is 24.6 Å². The molecule has 0 aromatic heterocycles. The van der Waals surface area contributed by atoms with Gasteiger partial charge in [0, 0.05) is 11.6 Å². The Bertz CT molecular complexity index is 1290. The molecule has 0 amide bonds. The van der Waals surface area contributed by atoms with Gasteiger partial charge >= 0.3 is 15.5 Å². The van der Waals surface area contributed by atoms with E-state index in [4.69, 9.17) is 5.21 Å². The molecule has 2 aromatic rings. The summed E-state index contributed by atoms with van der Waals surface area (Å²) in [6.45, 7) is 0. The number of sulfonamides is 1. The zero-order valence-electron chi connectivity index (χ0n) is 17.3. The van der Waals surface area contributed by atoms with Crippen molar-refractivity contribution in [2.24, 2.45) is 5.16 Å². The largest absolute Gasteiger partial charge is 0.511 e. The molecule has 0 bridgehead atoms. The Morgan fingerprint density at radius 3 is 2.12 bits per heavy atom. The highest BCUT2D eigenvalue weighted by Gasteiger charge is 2.52. The van der Waals surface area contributed by atoms with Gasteiger partial charge in [0.2, 0.25) is 0 Å². The number of hydrogen-bond donors (Lipinski definition) is 2. The standard InChI is InChI=1S/C20H19F5N2O5S2/c21-14-3-6-18(22)17(11-14)19(33(29,30)16-4-1-13(2-5-16)12-26-28)9-7-15(8-10-19)27-34(31,32)20(23,24)25/h1-6,11-12,15,27-28H,7-10H2/b26-12+/t15-,19+. The molecule has 0 saturated heterocycles. The van der Waals surface area contributed by atoms with Gasteiger partial charge in [0.1, 0.15) is 16.4 Å². The summed E-state index contributed by atoms with van der Waals surface area (Å²) in [6.07, 6.45) is -0.656. The number of nitrogens with zero attached hydrogens (tertiary/aromatic N) is 1. The Labute approximate surface area is 192 Å². The van der Waals surface area contributed by atoms with Crippen LogP contribution in [0.15, 0.2) is 52.5 Å². The first-order valence-electron chi connectivity index (χ1n) is 9.80. The highest BCUT2D eigenvalue weighted by molar-refractivity contribution is 7.92. The molecule has 3 rings (SSSR count). The second-order valence-corrected chi connectivity index (χ2v) is 11.7. The van der Waals surface area contributed by atoms with Crippen LogP contribution in [0.25, 0.3) is 0 Å². The van der Waals surface area contributed by atoms with E-state index in [0.29, 0.717) is 5.56 Å². The third-order valence-electron chi connectivity index (χ3n) is 5.75. The van der Waals surface area contributed by atoms with Crippen LogP contribution in [0, 0.1) is 11.6 Å².